The van der Waals surface area contributed by atoms with Crippen molar-refractivity contribution >= 4 is 23.4 Å². The lowest BCUT2D eigenvalue weighted by atomic mass is 10.1. The van der Waals surface area contributed by atoms with Crippen LogP contribution in [0.3, 0.4) is 0 Å². The molecule has 0 aliphatic rings. The second-order valence-electron chi connectivity index (χ2n) is 6.05. The molecule has 4 aromatic rings. The fraction of sp³-hybridized carbons (Fsp3) is 0.158. The standard InChI is InChI=1S/C19H16ClN5OS/c1-11-3-5-14(6-4-11)18-24-23-17(26-18)12(2)27-19-21-16(22-25-19)13-7-9-15(20)10-8-13/h3-10,12H,1-2H3,(H,21,22,25). The second-order valence-corrected chi connectivity index (χ2v) is 7.79. The highest BCUT2D eigenvalue weighted by Crippen LogP contribution is 2.34. The predicted octanol–water partition coefficient (Wildman–Crippen LogP) is 5.34. The van der Waals surface area contributed by atoms with Crippen LogP contribution in [-0.4, -0.2) is 25.4 Å². The minimum atomic E-state index is -0.0782. The highest BCUT2D eigenvalue weighted by molar-refractivity contribution is 7.99. The Morgan fingerprint density at radius 2 is 1.70 bits per heavy atom. The van der Waals surface area contributed by atoms with Crippen LogP contribution in [0.15, 0.2) is 58.1 Å². The van der Waals surface area contributed by atoms with Gasteiger partial charge < -0.3 is 4.42 Å². The molecule has 0 aliphatic carbocycles. The van der Waals surface area contributed by atoms with Gasteiger partial charge in [0.2, 0.25) is 16.9 Å². The maximum atomic E-state index is 5.92. The van der Waals surface area contributed by atoms with Crippen molar-refractivity contribution in [3.63, 3.8) is 0 Å². The summed E-state index contributed by atoms with van der Waals surface area (Å²) in [5.74, 6) is 1.73. The van der Waals surface area contributed by atoms with Gasteiger partial charge in [-0.1, -0.05) is 41.1 Å². The van der Waals surface area contributed by atoms with E-state index in [2.05, 4.69) is 25.4 Å². The van der Waals surface area contributed by atoms with Gasteiger partial charge in [0.05, 0.1) is 5.25 Å². The Morgan fingerprint density at radius 1 is 1.00 bits per heavy atom. The molecule has 2 aromatic heterocycles. The Balaban J connectivity index is 1.47. The average Bonchev–Trinajstić information content (AvgIpc) is 3.33. The number of H-pyrrole nitrogens is 1. The first-order chi connectivity index (χ1) is 13.1. The van der Waals surface area contributed by atoms with Crippen molar-refractivity contribution in [3.8, 4) is 22.8 Å². The van der Waals surface area contributed by atoms with E-state index in [1.807, 2.05) is 62.4 Å². The molecule has 0 fully saturated rings. The van der Waals surface area contributed by atoms with E-state index in [9.17, 15) is 0 Å². The molecular weight excluding hydrogens is 382 g/mol. The predicted molar refractivity (Wildman–Crippen MR) is 106 cm³/mol. The topological polar surface area (TPSA) is 80.5 Å². The summed E-state index contributed by atoms with van der Waals surface area (Å²) in [4.78, 5) is 4.51. The number of aromatic nitrogens is 5. The highest BCUT2D eigenvalue weighted by Gasteiger charge is 2.18. The first-order valence-electron chi connectivity index (χ1n) is 8.34. The van der Waals surface area contributed by atoms with Gasteiger partial charge in [0.25, 0.3) is 0 Å². The molecule has 136 valence electrons. The molecule has 1 unspecified atom stereocenters. The molecule has 4 rings (SSSR count). The highest BCUT2D eigenvalue weighted by atomic mass is 35.5. The van der Waals surface area contributed by atoms with Gasteiger partial charge >= 0.3 is 0 Å². The van der Waals surface area contributed by atoms with Crippen LogP contribution >= 0.6 is 23.4 Å². The third-order valence-corrected chi connectivity index (χ3v) is 5.15. The van der Waals surface area contributed by atoms with E-state index in [4.69, 9.17) is 16.0 Å². The molecule has 0 bridgehead atoms. The summed E-state index contributed by atoms with van der Waals surface area (Å²) in [5.41, 5.74) is 3.01. The van der Waals surface area contributed by atoms with Crippen LogP contribution in [0, 0.1) is 6.92 Å². The number of aryl methyl sites for hydroxylation is 1. The lowest BCUT2D eigenvalue weighted by Crippen LogP contribution is -1.89. The van der Waals surface area contributed by atoms with Gasteiger partial charge in [0.15, 0.2) is 5.82 Å². The molecule has 8 heteroatoms. The Kier molecular flexibility index (Phi) is 4.96. The largest absolute Gasteiger partial charge is 0.419 e. The van der Waals surface area contributed by atoms with Crippen molar-refractivity contribution in [3.05, 3.63) is 65.0 Å². The van der Waals surface area contributed by atoms with E-state index >= 15 is 0 Å². The van der Waals surface area contributed by atoms with Crippen LogP contribution < -0.4 is 0 Å². The Hall–Kier alpha value is -2.64. The normalized spacial score (nSPS) is 12.3. The lowest BCUT2D eigenvalue weighted by Gasteiger charge is -2.02. The fourth-order valence-electron chi connectivity index (χ4n) is 2.46. The van der Waals surface area contributed by atoms with E-state index in [0.717, 1.165) is 11.1 Å². The zero-order chi connectivity index (χ0) is 18.8. The molecule has 2 aromatic carbocycles. The molecule has 27 heavy (non-hydrogen) atoms. The van der Waals surface area contributed by atoms with Crippen molar-refractivity contribution in [1.29, 1.82) is 0 Å². The Labute approximate surface area is 165 Å². The molecule has 0 spiro atoms. The summed E-state index contributed by atoms with van der Waals surface area (Å²) in [5, 5.41) is 16.7. The Bertz CT molecular complexity index is 1040. The molecule has 2 heterocycles. The molecular formula is C19H16ClN5OS. The van der Waals surface area contributed by atoms with E-state index in [1.54, 1.807) is 0 Å². The first-order valence-corrected chi connectivity index (χ1v) is 9.60. The third-order valence-electron chi connectivity index (χ3n) is 3.95. The maximum Gasteiger partial charge on any atom is 0.247 e. The van der Waals surface area contributed by atoms with E-state index < -0.39 is 0 Å². The smallest absolute Gasteiger partial charge is 0.247 e. The molecule has 6 nitrogen and oxygen atoms in total. The molecule has 1 N–H and O–H groups in total. The number of aromatic amines is 1. The summed E-state index contributed by atoms with van der Waals surface area (Å²) < 4.78 is 5.82. The molecule has 0 amide bonds. The van der Waals surface area contributed by atoms with Crippen LogP contribution in [0.2, 0.25) is 5.02 Å². The van der Waals surface area contributed by atoms with Crippen LogP contribution in [0.5, 0.6) is 0 Å². The third kappa shape index (κ3) is 4.04. The Morgan fingerprint density at radius 3 is 2.44 bits per heavy atom. The fourth-order valence-corrected chi connectivity index (χ4v) is 3.34. The van der Waals surface area contributed by atoms with Crippen LogP contribution in [0.4, 0.5) is 0 Å². The SMILES string of the molecule is Cc1ccc(-c2nnc(C(C)Sc3n[nH]c(-c4ccc(Cl)cc4)n3)o2)cc1. The van der Waals surface area contributed by atoms with Gasteiger partial charge in [-0.15, -0.1) is 15.3 Å². The van der Waals surface area contributed by atoms with E-state index in [-0.39, 0.29) is 5.25 Å². The number of rotatable bonds is 5. The van der Waals surface area contributed by atoms with Crippen molar-refractivity contribution < 1.29 is 4.42 Å². The van der Waals surface area contributed by atoms with Gasteiger partial charge in [0.1, 0.15) is 0 Å². The number of nitrogens with zero attached hydrogens (tertiary/aromatic N) is 4. The summed E-state index contributed by atoms with van der Waals surface area (Å²) in [6, 6.07) is 15.4. The minimum Gasteiger partial charge on any atom is -0.419 e. The molecule has 1 atom stereocenters. The van der Waals surface area contributed by atoms with Gasteiger partial charge in [-0.05, 0) is 50.2 Å². The van der Waals surface area contributed by atoms with Gasteiger partial charge in [0, 0.05) is 16.1 Å². The zero-order valence-electron chi connectivity index (χ0n) is 14.7. The molecule has 0 radical (unpaired) electrons. The molecule has 0 saturated heterocycles. The van der Waals surface area contributed by atoms with E-state index in [1.165, 1.54) is 17.3 Å². The van der Waals surface area contributed by atoms with Crippen LogP contribution in [0.25, 0.3) is 22.8 Å². The number of thioether (sulfide) groups is 1. The van der Waals surface area contributed by atoms with Crippen LogP contribution in [-0.2, 0) is 0 Å². The van der Waals surface area contributed by atoms with Gasteiger partial charge in [-0.3, -0.25) is 5.10 Å². The minimum absolute atomic E-state index is 0.0782. The van der Waals surface area contributed by atoms with Crippen molar-refractivity contribution in [1.82, 2.24) is 25.4 Å². The van der Waals surface area contributed by atoms with Crippen molar-refractivity contribution in [2.24, 2.45) is 0 Å². The second kappa shape index (κ2) is 7.54. The lowest BCUT2D eigenvalue weighted by molar-refractivity contribution is 0.509. The van der Waals surface area contributed by atoms with Crippen molar-refractivity contribution in [2.45, 2.75) is 24.3 Å². The molecule has 0 aliphatic heterocycles. The molecule has 0 saturated carbocycles. The monoisotopic (exact) mass is 397 g/mol. The summed E-state index contributed by atoms with van der Waals surface area (Å²) >= 11 is 7.37. The zero-order valence-corrected chi connectivity index (χ0v) is 16.3. The first kappa shape index (κ1) is 17.8. The van der Waals surface area contributed by atoms with Gasteiger partial charge in [-0.2, -0.15) is 0 Å². The van der Waals surface area contributed by atoms with Crippen LogP contribution in [0.1, 0.15) is 23.6 Å². The summed E-state index contributed by atoms with van der Waals surface area (Å²) in [7, 11) is 0. The number of nitrogens with one attached hydrogen (secondary N) is 1. The maximum absolute atomic E-state index is 5.92. The summed E-state index contributed by atoms with van der Waals surface area (Å²) in [6.07, 6.45) is 0. The number of hydrogen-bond donors (Lipinski definition) is 1. The summed E-state index contributed by atoms with van der Waals surface area (Å²) in [6.45, 7) is 4.02. The van der Waals surface area contributed by atoms with Crippen molar-refractivity contribution in [2.75, 3.05) is 0 Å². The van der Waals surface area contributed by atoms with Gasteiger partial charge in [-0.25, -0.2) is 4.98 Å². The number of benzene rings is 2. The quantitative estimate of drug-likeness (QED) is 0.458. The number of hydrogen-bond acceptors (Lipinski definition) is 6. The average molecular weight is 398 g/mol. The van der Waals surface area contributed by atoms with E-state index in [0.29, 0.717) is 27.8 Å². The number of halogens is 1.